The number of hydrogen-bond donors (Lipinski definition) is 3. The molecule has 0 unspecified atom stereocenters. The van der Waals surface area contributed by atoms with Crippen LogP contribution in [-0.2, 0) is 0 Å². The van der Waals surface area contributed by atoms with E-state index < -0.39 is 0 Å². The van der Waals surface area contributed by atoms with Crippen molar-refractivity contribution in [2.75, 3.05) is 5.73 Å². The van der Waals surface area contributed by atoms with Gasteiger partial charge in [0.1, 0.15) is 5.82 Å². The second-order valence-corrected chi connectivity index (χ2v) is 3.15. The molecule has 0 saturated heterocycles. The number of allylic oxidation sites excluding steroid dienone is 2. The largest absolute Gasteiger partial charge is 0.402 e. The van der Waals surface area contributed by atoms with E-state index in [1.54, 1.807) is 26.1 Å². The van der Waals surface area contributed by atoms with Crippen molar-refractivity contribution < 1.29 is 0 Å². The van der Waals surface area contributed by atoms with Gasteiger partial charge < -0.3 is 16.9 Å². The first-order chi connectivity index (χ1) is 6.52. The summed E-state index contributed by atoms with van der Waals surface area (Å²) in [7, 11) is 0. The lowest BCUT2D eigenvalue weighted by Crippen LogP contribution is -2.05. The highest BCUT2D eigenvalue weighted by atomic mass is 14.8. The van der Waals surface area contributed by atoms with Crippen molar-refractivity contribution in [1.82, 2.24) is 4.98 Å². The van der Waals surface area contributed by atoms with Gasteiger partial charge in [-0.2, -0.15) is 0 Å². The molecule has 0 aliphatic heterocycles. The van der Waals surface area contributed by atoms with Crippen molar-refractivity contribution in [2.45, 2.75) is 13.8 Å². The van der Waals surface area contributed by atoms with E-state index in [9.17, 15) is 0 Å². The molecule has 0 amide bonds. The number of anilines is 1. The Labute approximate surface area is 83.2 Å². The monoisotopic (exact) mass is 190 g/mol. The number of nitrogens with zero attached hydrogens (tertiary/aromatic N) is 1. The van der Waals surface area contributed by atoms with Crippen LogP contribution in [0.1, 0.15) is 19.4 Å². The molecule has 0 radical (unpaired) electrons. The average Bonchev–Trinajstić information content (AvgIpc) is 2.07. The van der Waals surface area contributed by atoms with E-state index >= 15 is 0 Å². The minimum atomic E-state index is 0.427. The predicted molar refractivity (Wildman–Crippen MR) is 58.8 cm³/mol. The van der Waals surface area contributed by atoms with Gasteiger partial charge in [-0.25, -0.2) is 4.98 Å². The molecule has 4 nitrogen and oxygen atoms in total. The zero-order chi connectivity index (χ0) is 10.7. The molecule has 0 spiro atoms. The summed E-state index contributed by atoms with van der Waals surface area (Å²) >= 11 is 0. The average molecular weight is 190 g/mol. The molecule has 4 heteroatoms. The molecule has 1 aromatic heterocycles. The van der Waals surface area contributed by atoms with Gasteiger partial charge in [-0.1, -0.05) is 0 Å². The number of nitrogens with two attached hydrogens (primary N) is 2. The number of nitrogen functional groups attached to an aromatic ring is 1. The first-order valence-electron chi connectivity index (χ1n) is 4.26. The Kier molecular flexibility index (Phi) is 2.86. The van der Waals surface area contributed by atoms with Crippen LogP contribution in [0.25, 0.3) is 5.57 Å². The fraction of sp³-hybridized carbons (Fsp3) is 0.200. The van der Waals surface area contributed by atoms with Crippen molar-refractivity contribution >= 4 is 17.1 Å². The third kappa shape index (κ3) is 2.10. The third-order valence-corrected chi connectivity index (χ3v) is 1.84. The number of hydrogen-bond acceptors (Lipinski definition) is 4. The van der Waals surface area contributed by atoms with Crippen molar-refractivity contribution in [1.29, 1.82) is 5.41 Å². The van der Waals surface area contributed by atoms with Gasteiger partial charge in [0.2, 0.25) is 0 Å². The van der Waals surface area contributed by atoms with Gasteiger partial charge >= 0.3 is 0 Å². The lowest BCUT2D eigenvalue weighted by molar-refractivity contribution is 1.28. The van der Waals surface area contributed by atoms with Crippen LogP contribution in [0, 0.1) is 5.41 Å². The van der Waals surface area contributed by atoms with E-state index in [0.717, 1.165) is 11.1 Å². The van der Waals surface area contributed by atoms with E-state index in [1.807, 2.05) is 6.07 Å². The summed E-state index contributed by atoms with van der Waals surface area (Å²) in [6.07, 6.45) is 1.62. The molecule has 14 heavy (non-hydrogen) atoms. The second-order valence-electron chi connectivity index (χ2n) is 3.15. The fourth-order valence-corrected chi connectivity index (χ4v) is 1.29. The standard InChI is InChI=1S/C10H14N4/c1-6(11)10(7(2)12)8-3-4-9(13)14-5-8/h3-5,11H,12H2,1-2H3,(H2,13,14). The molecule has 1 heterocycles. The molecule has 0 saturated carbocycles. The van der Waals surface area contributed by atoms with Crippen molar-refractivity contribution in [2.24, 2.45) is 5.73 Å². The summed E-state index contributed by atoms with van der Waals surface area (Å²) in [5.74, 6) is 0.463. The Balaban J connectivity index is 3.21. The summed E-state index contributed by atoms with van der Waals surface area (Å²) in [4.78, 5) is 3.96. The van der Waals surface area contributed by atoms with Crippen molar-refractivity contribution in [3.8, 4) is 0 Å². The SMILES string of the molecule is CC(=N)C(=C(C)N)c1ccc(N)nc1. The van der Waals surface area contributed by atoms with Crippen LogP contribution in [0.2, 0.25) is 0 Å². The van der Waals surface area contributed by atoms with Gasteiger partial charge in [-0.3, -0.25) is 0 Å². The Morgan fingerprint density at radius 3 is 2.36 bits per heavy atom. The zero-order valence-corrected chi connectivity index (χ0v) is 8.33. The highest BCUT2D eigenvalue weighted by Gasteiger charge is 2.06. The Morgan fingerprint density at radius 2 is 2.00 bits per heavy atom. The molecule has 0 bridgehead atoms. The fourth-order valence-electron chi connectivity index (χ4n) is 1.29. The second kappa shape index (κ2) is 3.91. The molecular formula is C10H14N4. The number of aromatic nitrogens is 1. The van der Waals surface area contributed by atoms with E-state index in [4.69, 9.17) is 16.9 Å². The van der Waals surface area contributed by atoms with Crippen LogP contribution in [0.4, 0.5) is 5.82 Å². The number of pyridine rings is 1. The van der Waals surface area contributed by atoms with Crippen LogP contribution in [0.5, 0.6) is 0 Å². The minimum absolute atomic E-state index is 0.427. The van der Waals surface area contributed by atoms with E-state index in [1.165, 1.54) is 0 Å². The van der Waals surface area contributed by atoms with Gasteiger partial charge in [-0.05, 0) is 26.0 Å². The smallest absolute Gasteiger partial charge is 0.123 e. The molecule has 0 atom stereocenters. The zero-order valence-electron chi connectivity index (χ0n) is 8.33. The summed E-state index contributed by atoms with van der Waals surface area (Å²) in [6.45, 7) is 3.46. The molecule has 0 aliphatic rings. The molecule has 0 aliphatic carbocycles. The molecule has 0 aromatic carbocycles. The maximum Gasteiger partial charge on any atom is 0.123 e. The highest BCUT2D eigenvalue weighted by Crippen LogP contribution is 2.17. The lowest BCUT2D eigenvalue weighted by atomic mass is 10.0. The van der Waals surface area contributed by atoms with Crippen LogP contribution in [0.15, 0.2) is 24.0 Å². The molecule has 74 valence electrons. The highest BCUT2D eigenvalue weighted by molar-refractivity contribution is 6.21. The topological polar surface area (TPSA) is 88.8 Å². The summed E-state index contributed by atoms with van der Waals surface area (Å²) in [6, 6.07) is 3.51. The summed E-state index contributed by atoms with van der Waals surface area (Å²) < 4.78 is 0. The van der Waals surface area contributed by atoms with Gasteiger partial charge in [0, 0.05) is 28.7 Å². The van der Waals surface area contributed by atoms with Gasteiger partial charge in [0.15, 0.2) is 0 Å². The quantitative estimate of drug-likeness (QED) is 0.616. The van der Waals surface area contributed by atoms with Gasteiger partial charge in [-0.15, -0.1) is 0 Å². The first-order valence-corrected chi connectivity index (χ1v) is 4.26. The minimum Gasteiger partial charge on any atom is -0.402 e. The normalized spacial score (nSPS) is 12.1. The molecule has 5 N–H and O–H groups in total. The Bertz CT molecular complexity index is 372. The number of nitrogens with one attached hydrogen (secondary N) is 1. The maximum atomic E-state index is 7.58. The van der Waals surface area contributed by atoms with Crippen LogP contribution in [0.3, 0.4) is 0 Å². The Hall–Kier alpha value is -1.84. The van der Waals surface area contributed by atoms with Crippen molar-refractivity contribution in [3.63, 3.8) is 0 Å². The molecule has 0 fully saturated rings. The number of rotatable bonds is 2. The summed E-state index contributed by atoms with van der Waals surface area (Å²) in [5.41, 5.74) is 13.7. The third-order valence-electron chi connectivity index (χ3n) is 1.84. The van der Waals surface area contributed by atoms with Crippen molar-refractivity contribution in [3.05, 3.63) is 29.6 Å². The molecule has 1 aromatic rings. The maximum absolute atomic E-state index is 7.58. The lowest BCUT2D eigenvalue weighted by Gasteiger charge is -2.07. The predicted octanol–water partition coefficient (Wildman–Crippen LogP) is 1.39. The van der Waals surface area contributed by atoms with Crippen LogP contribution in [-0.4, -0.2) is 10.7 Å². The van der Waals surface area contributed by atoms with E-state index in [2.05, 4.69) is 4.98 Å². The molecule has 1 rings (SSSR count). The van der Waals surface area contributed by atoms with Crippen LogP contribution < -0.4 is 11.5 Å². The van der Waals surface area contributed by atoms with Crippen LogP contribution >= 0.6 is 0 Å². The molecular weight excluding hydrogens is 176 g/mol. The Morgan fingerprint density at radius 1 is 1.36 bits per heavy atom. The first kappa shape index (κ1) is 10.2. The van der Waals surface area contributed by atoms with E-state index in [0.29, 0.717) is 17.2 Å². The summed E-state index contributed by atoms with van der Waals surface area (Å²) in [5, 5.41) is 7.58. The van der Waals surface area contributed by atoms with Gasteiger partial charge in [0.05, 0.1) is 0 Å². The van der Waals surface area contributed by atoms with Gasteiger partial charge in [0.25, 0.3) is 0 Å². The van der Waals surface area contributed by atoms with E-state index in [-0.39, 0.29) is 0 Å².